The summed E-state index contributed by atoms with van der Waals surface area (Å²) in [5, 5.41) is 2.90. The average Bonchev–Trinajstić information content (AvgIpc) is 2.67. The van der Waals surface area contributed by atoms with E-state index in [1.807, 2.05) is 62.5 Å². The molecule has 0 saturated heterocycles. The van der Waals surface area contributed by atoms with Crippen LogP contribution in [0, 0.1) is 6.92 Å². The molecule has 3 aromatic rings. The van der Waals surface area contributed by atoms with Crippen LogP contribution < -0.4 is 10.2 Å². The summed E-state index contributed by atoms with van der Waals surface area (Å²) in [6.45, 7) is 2.83. The van der Waals surface area contributed by atoms with Crippen LogP contribution in [0.4, 0.5) is 11.4 Å². The monoisotopic (exact) mass is 346 g/mol. The number of aryl methyl sites for hydroxylation is 1. The van der Waals surface area contributed by atoms with Crippen LogP contribution in [0.2, 0.25) is 0 Å². The number of nitrogens with zero attached hydrogens (tertiary/aromatic N) is 3. The molecule has 1 N–H and O–H groups in total. The minimum atomic E-state index is -0.208. The lowest BCUT2D eigenvalue weighted by molar-refractivity contribution is 0.102. The van der Waals surface area contributed by atoms with Crippen molar-refractivity contribution in [3.05, 3.63) is 83.9 Å². The van der Waals surface area contributed by atoms with Crippen molar-refractivity contribution >= 4 is 17.3 Å². The van der Waals surface area contributed by atoms with Gasteiger partial charge >= 0.3 is 0 Å². The maximum absolute atomic E-state index is 12.5. The van der Waals surface area contributed by atoms with E-state index in [-0.39, 0.29) is 5.91 Å². The zero-order valence-electron chi connectivity index (χ0n) is 15.0. The molecule has 0 radical (unpaired) electrons. The highest BCUT2D eigenvalue weighted by molar-refractivity contribution is 6.03. The Bertz CT molecular complexity index is 880. The van der Waals surface area contributed by atoms with Gasteiger partial charge in [-0.3, -0.25) is 14.8 Å². The van der Waals surface area contributed by atoms with Crippen molar-refractivity contribution < 1.29 is 4.79 Å². The summed E-state index contributed by atoms with van der Waals surface area (Å²) in [5.41, 5.74) is 4.47. The molecule has 26 heavy (non-hydrogen) atoms. The second-order valence-corrected chi connectivity index (χ2v) is 6.25. The molecule has 1 amide bonds. The Balaban J connectivity index is 1.66. The van der Waals surface area contributed by atoms with Gasteiger partial charge in [-0.1, -0.05) is 12.1 Å². The second kappa shape index (κ2) is 8.25. The normalized spacial score (nSPS) is 10.4. The molecule has 0 bridgehead atoms. The molecule has 0 saturated carbocycles. The minimum Gasteiger partial charge on any atom is -0.374 e. The van der Waals surface area contributed by atoms with Gasteiger partial charge < -0.3 is 10.2 Å². The van der Waals surface area contributed by atoms with Gasteiger partial charge in [0.1, 0.15) is 5.69 Å². The number of carbonyl (C=O) groups excluding carboxylic acids is 1. The summed E-state index contributed by atoms with van der Waals surface area (Å²) in [6, 6.07) is 15.5. The molecule has 0 fully saturated rings. The van der Waals surface area contributed by atoms with Crippen LogP contribution >= 0.6 is 0 Å². The molecule has 0 unspecified atom stereocenters. The van der Waals surface area contributed by atoms with Crippen molar-refractivity contribution in [1.29, 1.82) is 0 Å². The van der Waals surface area contributed by atoms with Crippen LogP contribution in [0.3, 0.4) is 0 Å². The molecule has 5 nitrogen and oxygen atoms in total. The largest absolute Gasteiger partial charge is 0.374 e. The first-order chi connectivity index (χ1) is 12.6. The van der Waals surface area contributed by atoms with Crippen LogP contribution in [0.15, 0.2) is 67.1 Å². The molecule has 132 valence electrons. The lowest BCUT2D eigenvalue weighted by atomic mass is 10.2. The number of hydrogen-bond donors (Lipinski definition) is 1. The predicted octanol–water partition coefficient (Wildman–Crippen LogP) is 3.72. The first kappa shape index (κ1) is 17.6. The van der Waals surface area contributed by atoms with E-state index in [1.165, 1.54) is 5.56 Å². The number of likely N-dealkylation sites (N-methyl/N-ethyl adjacent to an activating group) is 1. The minimum absolute atomic E-state index is 0.208. The van der Waals surface area contributed by atoms with Gasteiger partial charge in [0.15, 0.2) is 0 Å². The fourth-order valence-electron chi connectivity index (χ4n) is 2.67. The van der Waals surface area contributed by atoms with E-state index in [0.29, 0.717) is 5.69 Å². The van der Waals surface area contributed by atoms with Crippen LogP contribution in [0.1, 0.15) is 21.6 Å². The lowest BCUT2D eigenvalue weighted by Crippen LogP contribution is -2.21. The fraction of sp³-hybridized carbons (Fsp3) is 0.190. The van der Waals surface area contributed by atoms with Crippen molar-refractivity contribution in [2.75, 3.05) is 23.8 Å². The van der Waals surface area contributed by atoms with Crippen LogP contribution in [-0.2, 0) is 6.42 Å². The Morgan fingerprint density at radius 3 is 2.65 bits per heavy atom. The fourth-order valence-corrected chi connectivity index (χ4v) is 2.67. The molecule has 0 aliphatic heterocycles. The van der Waals surface area contributed by atoms with Crippen LogP contribution in [0.25, 0.3) is 0 Å². The molecule has 2 aromatic heterocycles. The maximum atomic E-state index is 12.5. The van der Waals surface area contributed by atoms with E-state index in [0.717, 1.165) is 29.9 Å². The van der Waals surface area contributed by atoms with E-state index in [4.69, 9.17) is 0 Å². The topological polar surface area (TPSA) is 58.1 Å². The van der Waals surface area contributed by atoms with Crippen molar-refractivity contribution in [2.24, 2.45) is 0 Å². The Morgan fingerprint density at radius 1 is 1.08 bits per heavy atom. The number of rotatable bonds is 6. The highest BCUT2D eigenvalue weighted by Crippen LogP contribution is 2.16. The predicted molar refractivity (Wildman–Crippen MR) is 105 cm³/mol. The van der Waals surface area contributed by atoms with Gasteiger partial charge in [0.2, 0.25) is 0 Å². The van der Waals surface area contributed by atoms with Crippen molar-refractivity contribution in [3.8, 4) is 0 Å². The van der Waals surface area contributed by atoms with Crippen LogP contribution in [0.5, 0.6) is 0 Å². The molecule has 0 atom stereocenters. The summed E-state index contributed by atoms with van der Waals surface area (Å²) in [7, 11) is 2.01. The van der Waals surface area contributed by atoms with E-state index in [2.05, 4.69) is 20.2 Å². The van der Waals surface area contributed by atoms with Gasteiger partial charge in [-0.15, -0.1) is 0 Å². The maximum Gasteiger partial charge on any atom is 0.274 e. The number of carbonyl (C=O) groups is 1. The highest BCUT2D eigenvalue weighted by atomic mass is 16.1. The highest BCUT2D eigenvalue weighted by Gasteiger charge is 2.10. The number of pyridine rings is 2. The third-order valence-electron chi connectivity index (χ3n) is 4.18. The number of nitrogens with one attached hydrogen (secondary N) is 1. The lowest BCUT2D eigenvalue weighted by Gasteiger charge is -2.19. The van der Waals surface area contributed by atoms with Gasteiger partial charge in [0.05, 0.1) is 0 Å². The summed E-state index contributed by atoms with van der Waals surface area (Å²) < 4.78 is 0. The molecule has 3 rings (SSSR count). The Morgan fingerprint density at radius 2 is 1.88 bits per heavy atom. The zero-order valence-corrected chi connectivity index (χ0v) is 15.0. The summed E-state index contributed by atoms with van der Waals surface area (Å²) >= 11 is 0. The number of amides is 1. The van der Waals surface area contributed by atoms with Crippen molar-refractivity contribution in [3.63, 3.8) is 0 Å². The molecule has 1 aromatic carbocycles. The zero-order chi connectivity index (χ0) is 18.4. The van der Waals surface area contributed by atoms with E-state index in [9.17, 15) is 4.79 Å². The van der Waals surface area contributed by atoms with E-state index in [1.54, 1.807) is 18.6 Å². The Labute approximate surface area is 153 Å². The first-order valence-electron chi connectivity index (χ1n) is 8.56. The third kappa shape index (κ3) is 4.66. The van der Waals surface area contributed by atoms with E-state index >= 15 is 0 Å². The molecule has 2 heterocycles. The quantitative estimate of drug-likeness (QED) is 0.739. The summed E-state index contributed by atoms with van der Waals surface area (Å²) in [4.78, 5) is 22.8. The molecule has 0 aliphatic rings. The summed E-state index contributed by atoms with van der Waals surface area (Å²) in [5.74, 6) is -0.208. The molecular weight excluding hydrogens is 324 g/mol. The Hall–Kier alpha value is -3.21. The van der Waals surface area contributed by atoms with E-state index < -0.39 is 0 Å². The molecule has 5 heteroatoms. The van der Waals surface area contributed by atoms with Gasteiger partial charge in [-0.05, 0) is 60.9 Å². The molecule has 0 aliphatic carbocycles. The van der Waals surface area contributed by atoms with Gasteiger partial charge in [0, 0.05) is 43.6 Å². The van der Waals surface area contributed by atoms with Gasteiger partial charge in [0.25, 0.3) is 5.91 Å². The SMILES string of the molecule is Cc1cccc(NC(=O)c2cc(N(C)CCc3ccncc3)ccn2)c1. The smallest absolute Gasteiger partial charge is 0.274 e. The van der Waals surface area contributed by atoms with Crippen LogP contribution in [-0.4, -0.2) is 29.5 Å². The summed E-state index contributed by atoms with van der Waals surface area (Å²) in [6.07, 6.45) is 6.18. The average molecular weight is 346 g/mol. The number of aromatic nitrogens is 2. The van der Waals surface area contributed by atoms with Crippen molar-refractivity contribution in [2.45, 2.75) is 13.3 Å². The second-order valence-electron chi connectivity index (χ2n) is 6.25. The Kier molecular flexibility index (Phi) is 5.59. The first-order valence-corrected chi connectivity index (χ1v) is 8.56. The van der Waals surface area contributed by atoms with Gasteiger partial charge in [-0.2, -0.15) is 0 Å². The van der Waals surface area contributed by atoms with Gasteiger partial charge in [-0.25, -0.2) is 0 Å². The third-order valence-corrected chi connectivity index (χ3v) is 4.18. The molecular formula is C21H22N4O. The molecule has 0 spiro atoms. The number of hydrogen-bond acceptors (Lipinski definition) is 4. The standard InChI is InChI=1S/C21H22N4O/c1-16-4-3-5-18(14-16)24-21(26)20-15-19(8-12-23-20)25(2)13-9-17-6-10-22-11-7-17/h3-8,10-12,14-15H,9,13H2,1-2H3,(H,24,26). The number of anilines is 2. The van der Waals surface area contributed by atoms with Crippen molar-refractivity contribution in [1.82, 2.24) is 9.97 Å². The number of benzene rings is 1.